The number of rotatable bonds is 6. The van der Waals surface area contributed by atoms with E-state index in [2.05, 4.69) is 0 Å². The van der Waals surface area contributed by atoms with E-state index in [-0.39, 0.29) is 28.2 Å². The molecule has 0 unspecified atom stereocenters. The highest BCUT2D eigenvalue weighted by atomic mass is 16.8. The molecular formula is C28H32O14. The molecule has 8 N–H and O–H groups in total. The standard InChI is InChI=1S/C28H32O14/c1-10-7-14(31)8-15-17(10)20(34)25(24(39-15)12-3-5-13(30)6-4-12)41-28-26(22(36)18(32)11(2)38-28)42-27-23(37)21(35)19(33)16(9-29)40-27/h3-8,11,16,18-19,21-23,26-33,35-37H,9H2,1-2H3/t11-,16+,18-,19+,21-,22+,23+,26+,27-,28-/m0/s1. The van der Waals surface area contributed by atoms with Crippen LogP contribution in [0.4, 0.5) is 0 Å². The van der Waals surface area contributed by atoms with Gasteiger partial charge in [0.05, 0.1) is 18.1 Å². The zero-order valence-electron chi connectivity index (χ0n) is 22.5. The maximum Gasteiger partial charge on any atom is 0.235 e. The fourth-order valence-corrected chi connectivity index (χ4v) is 5.08. The molecule has 0 radical (unpaired) electrons. The van der Waals surface area contributed by atoms with Crippen LogP contribution in [0, 0.1) is 6.92 Å². The van der Waals surface area contributed by atoms with E-state index in [1.165, 1.54) is 43.3 Å². The summed E-state index contributed by atoms with van der Waals surface area (Å²) in [6, 6.07) is 8.21. The number of phenols is 2. The van der Waals surface area contributed by atoms with Gasteiger partial charge < -0.3 is 64.2 Å². The molecule has 0 aliphatic carbocycles. The van der Waals surface area contributed by atoms with Gasteiger partial charge >= 0.3 is 0 Å². The first-order valence-corrected chi connectivity index (χ1v) is 13.1. The lowest BCUT2D eigenvalue weighted by atomic mass is 9.97. The van der Waals surface area contributed by atoms with Gasteiger partial charge in [-0.3, -0.25) is 4.79 Å². The summed E-state index contributed by atoms with van der Waals surface area (Å²) in [5.74, 6) is -0.735. The van der Waals surface area contributed by atoms with Crippen molar-refractivity contribution < 1.29 is 64.2 Å². The second-order valence-corrected chi connectivity index (χ2v) is 10.4. The van der Waals surface area contributed by atoms with E-state index in [4.69, 9.17) is 23.4 Å². The van der Waals surface area contributed by atoms with Crippen LogP contribution in [-0.4, -0.2) is 109 Å². The van der Waals surface area contributed by atoms with E-state index >= 15 is 0 Å². The minimum Gasteiger partial charge on any atom is -0.508 e. The molecule has 0 saturated carbocycles. The number of hydrogen-bond donors (Lipinski definition) is 8. The molecule has 3 heterocycles. The lowest BCUT2D eigenvalue weighted by molar-refractivity contribution is -0.355. The summed E-state index contributed by atoms with van der Waals surface area (Å²) in [6.07, 6.45) is -15.9. The van der Waals surface area contributed by atoms with Crippen LogP contribution in [-0.2, 0) is 14.2 Å². The Bertz CT molecular complexity index is 1470. The number of ether oxygens (including phenoxy) is 4. The van der Waals surface area contributed by atoms with E-state index in [1.54, 1.807) is 6.92 Å². The normalized spacial score (nSPS) is 33.5. The van der Waals surface area contributed by atoms with Gasteiger partial charge in [0.1, 0.15) is 53.7 Å². The smallest absolute Gasteiger partial charge is 0.235 e. The van der Waals surface area contributed by atoms with Crippen molar-refractivity contribution in [2.75, 3.05) is 6.61 Å². The summed E-state index contributed by atoms with van der Waals surface area (Å²) >= 11 is 0. The van der Waals surface area contributed by atoms with Crippen LogP contribution < -0.4 is 10.2 Å². The molecule has 5 rings (SSSR count). The summed E-state index contributed by atoms with van der Waals surface area (Å²) in [7, 11) is 0. The molecule has 3 aromatic rings. The molecule has 2 aliphatic heterocycles. The lowest BCUT2D eigenvalue weighted by Gasteiger charge is -2.45. The van der Waals surface area contributed by atoms with Crippen molar-refractivity contribution in [3.63, 3.8) is 0 Å². The number of aryl methyl sites for hydroxylation is 1. The predicted molar refractivity (Wildman–Crippen MR) is 142 cm³/mol. The number of hydrogen-bond acceptors (Lipinski definition) is 14. The van der Waals surface area contributed by atoms with Crippen LogP contribution in [0.2, 0.25) is 0 Å². The van der Waals surface area contributed by atoms with Gasteiger partial charge in [0.25, 0.3) is 0 Å². The van der Waals surface area contributed by atoms with Crippen molar-refractivity contribution in [1.29, 1.82) is 0 Å². The van der Waals surface area contributed by atoms with E-state index in [0.29, 0.717) is 11.1 Å². The number of aromatic hydroxyl groups is 2. The molecular weight excluding hydrogens is 560 g/mol. The highest BCUT2D eigenvalue weighted by Gasteiger charge is 2.51. The number of phenolic OH excluding ortho intramolecular Hbond substituents is 2. The maximum absolute atomic E-state index is 13.9. The Morgan fingerprint density at radius 2 is 1.52 bits per heavy atom. The van der Waals surface area contributed by atoms with Crippen LogP contribution in [0.25, 0.3) is 22.3 Å². The Morgan fingerprint density at radius 1 is 0.833 bits per heavy atom. The Morgan fingerprint density at radius 3 is 2.19 bits per heavy atom. The average Bonchev–Trinajstić information content (AvgIpc) is 2.95. The first-order valence-electron chi connectivity index (χ1n) is 13.1. The van der Waals surface area contributed by atoms with Gasteiger partial charge in [-0.25, -0.2) is 0 Å². The molecule has 0 amide bonds. The lowest BCUT2D eigenvalue weighted by Crippen LogP contribution is -2.64. The average molecular weight is 593 g/mol. The van der Waals surface area contributed by atoms with E-state index in [9.17, 15) is 45.6 Å². The molecule has 2 aliphatic rings. The SMILES string of the molecule is Cc1cc(O)cc2oc(-c3ccc(O)cc3)c(O[C@@H]3O[C@@H](C)[C@H](O)[C@@H](O)[C@H]3O[C@@H]3O[C@H](CO)[C@@H](O)[C@H](O)[C@H]3O)c(=O)c12. The van der Waals surface area contributed by atoms with Gasteiger partial charge in [-0.05, 0) is 49.7 Å². The topological polar surface area (TPSA) is 229 Å². The highest BCUT2D eigenvalue weighted by Crippen LogP contribution is 2.37. The van der Waals surface area contributed by atoms with Gasteiger partial charge in [0.15, 0.2) is 18.2 Å². The number of fused-ring (bicyclic) bond motifs is 1. The highest BCUT2D eigenvalue weighted by molar-refractivity contribution is 5.86. The molecule has 1 aromatic heterocycles. The first kappa shape index (κ1) is 30.2. The second-order valence-electron chi connectivity index (χ2n) is 10.4. The molecule has 228 valence electrons. The van der Waals surface area contributed by atoms with Crippen molar-refractivity contribution >= 4 is 11.0 Å². The Kier molecular flexibility index (Phi) is 8.44. The molecule has 10 atom stereocenters. The van der Waals surface area contributed by atoms with Crippen LogP contribution in [0.3, 0.4) is 0 Å². The van der Waals surface area contributed by atoms with Crippen LogP contribution in [0.15, 0.2) is 45.6 Å². The first-order chi connectivity index (χ1) is 19.9. The van der Waals surface area contributed by atoms with Crippen molar-refractivity contribution in [3.05, 3.63) is 52.2 Å². The van der Waals surface area contributed by atoms with Crippen molar-refractivity contribution in [3.8, 4) is 28.6 Å². The molecule has 2 fully saturated rings. The van der Waals surface area contributed by atoms with Crippen LogP contribution in [0.5, 0.6) is 17.2 Å². The quantitative estimate of drug-likeness (QED) is 0.175. The summed E-state index contributed by atoms with van der Waals surface area (Å²) < 4.78 is 28.9. The largest absolute Gasteiger partial charge is 0.508 e. The van der Waals surface area contributed by atoms with Gasteiger partial charge in [-0.15, -0.1) is 0 Å². The van der Waals surface area contributed by atoms with Crippen molar-refractivity contribution in [2.24, 2.45) is 0 Å². The monoisotopic (exact) mass is 592 g/mol. The van der Waals surface area contributed by atoms with E-state index in [1.807, 2.05) is 0 Å². The fourth-order valence-electron chi connectivity index (χ4n) is 5.08. The minimum atomic E-state index is -1.85. The van der Waals surface area contributed by atoms with Gasteiger partial charge in [0.2, 0.25) is 17.5 Å². The molecule has 42 heavy (non-hydrogen) atoms. The molecule has 14 heteroatoms. The zero-order valence-corrected chi connectivity index (χ0v) is 22.5. The van der Waals surface area contributed by atoms with Crippen LogP contribution in [0.1, 0.15) is 12.5 Å². The second kappa shape index (κ2) is 11.8. The van der Waals surface area contributed by atoms with E-state index in [0.717, 1.165) is 0 Å². The van der Waals surface area contributed by atoms with E-state index < -0.39 is 79.2 Å². The van der Waals surface area contributed by atoms with Gasteiger partial charge in [0, 0.05) is 11.6 Å². The van der Waals surface area contributed by atoms with Gasteiger partial charge in [-0.2, -0.15) is 0 Å². The molecule has 0 bridgehead atoms. The molecule has 2 saturated heterocycles. The number of benzene rings is 2. The van der Waals surface area contributed by atoms with Crippen molar-refractivity contribution in [1.82, 2.24) is 0 Å². The van der Waals surface area contributed by atoms with Crippen LogP contribution >= 0.6 is 0 Å². The number of aliphatic hydroxyl groups is 6. The summed E-state index contributed by atoms with van der Waals surface area (Å²) in [5.41, 5.74) is 0.0118. The summed E-state index contributed by atoms with van der Waals surface area (Å²) in [5, 5.41) is 81.7. The Balaban J connectivity index is 1.58. The molecule has 2 aromatic carbocycles. The third kappa shape index (κ3) is 5.44. The number of aliphatic hydroxyl groups excluding tert-OH is 6. The third-order valence-electron chi connectivity index (χ3n) is 7.42. The zero-order chi connectivity index (χ0) is 30.5. The Hall–Kier alpha value is -3.31. The minimum absolute atomic E-state index is 0.0374. The molecule has 14 nitrogen and oxygen atoms in total. The van der Waals surface area contributed by atoms with Crippen molar-refractivity contribution in [2.45, 2.75) is 75.3 Å². The summed E-state index contributed by atoms with van der Waals surface area (Å²) in [6.45, 7) is 2.27. The Labute approximate surface area is 238 Å². The summed E-state index contributed by atoms with van der Waals surface area (Å²) in [4.78, 5) is 13.9. The molecule has 0 spiro atoms. The van der Waals surface area contributed by atoms with Gasteiger partial charge in [-0.1, -0.05) is 0 Å². The predicted octanol–water partition coefficient (Wildman–Crippen LogP) is -0.790. The maximum atomic E-state index is 13.9. The fraction of sp³-hybridized carbons (Fsp3) is 0.464. The third-order valence-corrected chi connectivity index (χ3v) is 7.42.